The van der Waals surface area contributed by atoms with E-state index in [1.54, 1.807) is 4.90 Å². The molecule has 2 rings (SSSR count). The van der Waals surface area contributed by atoms with E-state index in [1.807, 2.05) is 0 Å². The topological polar surface area (TPSA) is 92.6 Å². The van der Waals surface area contributed by atoms with Gasteiger partial charge in [-0.1, -0.05) is 6.07 Å². The third-order valence-corrected chi connectivity index (χ3v) is 3.38. The van der Waals surface area contributed by atoms with Crippen LogP contribution in [0.2, 0.25) is 0 Å². The lowest BCUT2D eigenvalue weighted by Crippen LogP contribution is -2.30. The minimum atomic E-state index is -0.532. The lowest BCUT2D eigenvalue weighted by molar-refractivity contribution is -0.384. The number of amides is 2. The minimum absolute atomic E-state index is 0.106. The first kappa shape index (κ1) is 15.0. The van der Waals surface area contributed by atoms with Crippen molar-refractivity contribution >= 4 is 17.5 Å². The zero-order valence-electron chi connectivity index (χ0n) is 11.6. The van der Waals surface area contributed by atoms with Gasteiger partial charge in [-0.05, 0) is 18.9 Å². The number of nitrogens with zero attached hydrogens (tertiary/aromatic N) is 2. The molecule has 2 amide bonds. The van der Waals surface area contributed by atoms with Crippen molar-refractivity contribution in [3.63, 3.8) is 0 Å². The second-order valence-electron chi connectivity index (χ2n) is 4.90. The highest BCUT2D eigenvalue weighted by atomic mass is 16.6. The van der Waals surface area contributed by atoms with Crippen LogP contribution in [-0.2, 0) is 4.79 Å². The van der Waals surface area contributed by atoms with Gasteiger partial charge in [0.25, 0.3) is 11.6 Å². The summed E-state index contributed by atoms with van der Waals surface area (Å²) in [6.45, 7) is 1.86. The SMILES string of the molecule is O=C(NCCCN1CCCC1=O)c1cccc([N+](=O)[O-])c1. The van der Waals surface area contributed by atoms with E-state index in [1.165, 1.54) is 24.3 Å². The van der Waals surface area contributed by atoms with Crippen molar-refractivity contribution in [3.05, 3.63) is 39.9 Å². The molecule has 21 heavy (non-hydrogen) atoms. The molecule has 1 aromatic carbocycles. The fourth-order valence-corrected chi connectivity index (χ4v) is 2.28. The highest BCUT2D eigenvalue weighted by molar-refractivity contribution is 5.94. The maximum atomic E-state index is 11.9. The van der Waals surface area contributed by atoms with Gasteiger partial charge >= 0.3 is 0 Å². The molecule has 1 aliphatic rings. The van der Waals surface area contributed by atoms with Crippen molar-refractivity contribution in [3.8, 4) is 0 Å². The number of hydrogen-bond donors (Lipinski definition) is 1. The smallest absolute Gasteiger partial charge is 0.270 e. The number of carbonyl (C=O) groups excluding carboxylic acids is 2. The zero-order valence-corrected chi connectivity index (χ0v) is 11.6. The van der Waals surface area contributed by atoms with E-state index in [0.717, 1.165) is 13.0 Å². The summed E-state index contributed by atoms with van der Waals surface area (Å²) in [5.41, 5.74) is 0.159. The van der Waals surface area contributed by atoms with Crippen molar-refractivity contribution in [1.82, 2.24) is 10.2 Å². The fraction of sp³-hybridized carbons (Fsp3) is 0.429. The number of nitro benzene ring substituents is 1. The monoisotopic (exact) mass is 291 g/mol. The Morgan fingerprint density at radius 2 is 2.24 bits per heavy atom. The first-order valence-corrected chi connectivity index (χ1v) is 6.88. The van der Waals surface area contributed by atoms with Crippen molar-refractivity contribution in [2.75, 3.05) is 19.6 Å². The van der Waals surface area contributed by atoms with E-state index < -0.39 is 4.92 Å². The van der Waals surface area contributed by atoms with Crippen LogP contribution in [-0.4, -0.2) is 41.3 Å². The normalized spacial score (nSPS) is 14.3. The van der Waals surface area contributed by atoms with Crippen LogP contribution in [0.1, 0.15) is 29.6 Å². The molecule has 0 bridgehead atoms. The van der Waals surface area contributed by atoms with Crippen molar-refractivity contribution in [2.45, 2.75) is 19.3 Å². The van der Waals surface area contributed by atoms with Crippen molar-refractivity contribution in [1.29, 1.82) is 0 Å². The summed E-state index contributed by atoms with van der Waals surface area (Å²) in [6.07, 6.45) is 2.19. The number of nitro groups is 1. The van der Waals surface area contributed by atoms with Crippen LogP contribution in [0.15, 0.2) is 24.3 Å². The van der Waals surface area contributed by atoms with Gasteiger partial charge in [-0.25, -0.2) is 0 Å². The summed E-state index contributed by atoms with van der Waals surface area (Å²) in [4.78, 5) is 35.2. The Balaban J connectivity index is 1.78. The molecule has 112 valence electrons. The third kappa shape index (κ3) is 4.01. The number of benzene rings is 1. The molecule has 0 unspecified atom stereocenters. The number of likely N-dealkylation sites (tertiary alicyclic amines) is 1. The van der Waals surface area contributed by atoms with Crippen LogP contribution in [0.25, 0.3) is 0 Å². The van der Waals surface area contributed by atoms with Crippen molar-refractivity contribution < 1.29 is 14.5 Å². The van der Waals surface area contributed by atoms with Gasteiger partial charge in [0.1, 0.15) is 0 Å². The molecule has 1 N–H and O–H groups in total. The Labute approximate surface area is 122 Å². The predicted molar refractivity (Wildman–Crippen MR) is 75.9 cm³/mol. The molecule has 1 aliphatic heterocycles. The standard InChI is InChI=1S/C14H17N3O4/c18-13-6-2-8-16(13)9-3-7-15-14(19)11-4-1-5-12(10-11)17(20)21/h1,4-5,10H,2-3,6-9H2,(H,15,19). The summed E-state index contributed by atoms with van der Waals surface area (Å²) < 4.78 is 0. The van der Waals surface area contributed by atoms with Gasteiger partial charge in [0.15, 0.2) is 0 Å². The summed E-state index contributed by atoms with van der Waals surface area (Å²) >= 11 is 0. The average molecular weight is 291 g/mol. The highest BCUT2D eigenvalue weighted by Crippen LogP contribution is 2.13. The third-order valence-electron chi connectivity index (χ3n) is 3.38. The van der Waals surface area contributed by atoms with E-state index >= 15 is 0 Å². The Morgan fingerprint density at radius 3 is 2.90 bits per heavy atom. The lowest BCUT2D eigenvalue weighted by Gasteiger charge is -2.15. The largest absolute Gasteiger partial charge is 0.352 e. The van der Waals surface area contributed by atoms with E-state index in [-0.39, 0.29) is 23.1 Å². The number of carbonyl (C=O) groups is 2. The Hall–Kier alpha value is -2.44. The molecule has 0 atom stereocenters. The maximum Gasteiger partial charge on any atom is 0.270 e. The Kier molecular flexibility index (Phi) is 4.86. The Bertz CT molecular complexity index is 559. The fourth-order valence-electron chi connectivity index (χ4n) is 2.28. The summed E-state index contributed by atoms with van der Waals surface area (Å²) in [5.74, 6) is -0.175. The number of hydrogen-bond acceptors (Lipinski definition) is 4. The lowest BCUT2D eigenvalue weighted by atomic mass is 10.2. The van der Waals surface area contributed by atoms with Gasteiger partial charge in [-0.15, -0.1) is 0 Å². The Morgan fingerprint density at radius 1 is 1.43 bits per heavy atom. The van der Waals surface area contributed by atoms with Crippen LogP contribution in [0.3, 0.4) is 0 Å². The van der Waals surface area contributed by atoms with Crippen LogP contribution in [0.5, 0.6) is 0 Å². The van der Waals surface area contributed by atoms with E-state index in [2.05, 4.69) is 5.32 Å². The molecular formula is C14H17N3O4. The van der Waals surface area contributed by atoms with Crippen molar-refractivity contribution in [2.24, 2.45) is 0 Å². The molecule has 1 saturated heterocycles. The number of non-ortho nitro benzene ring substituents is 1. The molecule has 7 nitrogen and oxygen atoms in total. The predicted octanol–water partition coefficient (Wildman–Crippen LogP) is 1.34. The van der Waals surface area contributed by atoms with Gasteiger partial charge in [-0.3, -0.25) is 19.7 Å². The molecule has 0 aromatic heterocycles. The minimum Gasteiger partial charge on any atom is -0.352 e. The molecule has 0 spiro atoms. The second-order valence-corrected chi connectivity index (χ2v) is 4.90. The second kappa shape index (κ2) is 6.83. The zero-order chi connectivity index (χ0) is 15.2. The molecule has 0 radical (unpaired) electrons. The molecule has 1 fully saturated rings. The van der Waals surface area contributed by atoms with E-state index in [9.17, 15) is 19.7 Å². The molecular weight excluding hydrogens is 274 g/mol. The first-order chi connectivity index (χ1) is 10.1. The van der Waals surface area contributed by atoms with Gasteiger partial charge in [0.2, 0.25) is 5.91 Å². The maximum absolute atomic E-state index is 11.9. The average Bonchev–Trinajstić information content (AvgIpc) is 2.89. The van der Waals surface area contributed by atoms with Gasteiger partial charge in [-0.2, -0.15) is 0 Å². The van der Waals surface area contributed by atoms with Crippen LogP contribution < -0.4 is 5.32 Å². The van der Waals surface area contributed by atoms with Gasteiger partial charge in [0, 0.05) is 43.8 Å². The van der Waals surface area contributed by atoms with Gasteiger partial charge < -0.3 is 10.2 Å². The molecule has 0 aliphatic carbocycles. The summed E-state index contributed by atoms with van der Waals surface area (Å²) in [7, 11) is 0. The molecule has 1 aromatic rings. The molecule has 1 heterocycles. The quantitative estimate of drug-likeness (QED) is 0.486. The number of nitrogens with one attached hydrogen (secondary N) is 1. The first-order valence-electron chi connectivity index (χ1n) is 6.88. The van der Waals surface area contributed by atoms with Crippen LogP contribution in [0, 0.1) is 10.1 Å². The van der Waals surface area contributed by atoms with Gasteiger partial charge in [0.05, 0.1) is 4.92 Å². The molecule has 0 saturated carbocycles. The van der Waals surface area contributed by atoms with Crippen LogP contribution >= 0.6 is 0 Å². The highest BCUT2D eigenvalue weighted by Gasteiger charge is 2.19. The molecule has 7 heteroatoms. The van der Waals surface area contributed by atoms with E-state index in [0.29, 0.717) is 25.9 Å². The summed E-state index contributed by atoms with van der Waals surface area (Å²) in [6, 6.07) is 5.61. The number of rotatable bonds is 6. The van der Waals surface area contributed by atoms with E-state index in [4.69, 9.17) is 0 Å². The van der Waals surface area contributed by atoms with Crippen LogP contribution in [0.4, 0.5) is 5.69 Å². The summed E-state index contributed by atoms with van der Waals surface area (Å²) in [5, 5.41) is 13.4.